The fourth-order valence-corrected chi connectivity index (χ4v) is 2.59. The second-order valence-electron chi connectivity index (χ2n) is 4.40. The van der Waals surface area contributed by atoms with Crippen LogP contribution in [-0.4, -0.2) is 34.8 Å². The Labute approximate surface area is 126 Å². The van der Waals surface area contributed by atoms with Crippen molar-refractivity contribution in [2.45, 2.75) is 36.6 Å². The van der Waals surface area contributed by atoms with Gasteiger partial charge in [-0.3, -0.25) is 5.10 Å². The number of hydrogen-bond donors (Lipinski definition) is 1. The first-order valence-corrected chi connectivity index (χ1v) is 7.09. The maximum Gasteiger partial charge on any atom is 0.453 e. The van der Waals surface area contributed by atoms with Crippen molar-refractivity contribution in [3.05, 3.63) is 23.4 Å². The number of aromatic amines is 1. The van der Waals surface area contributed by atoms with Gasteiger partial charge in [0, 0.05) is 12.1 Å². The summed E-state index contributed by atoms with van der Waals surface area (Å²) in [5, 5.41) is 11.0. The Morgan fingerprint density at radius 2 is 2.05 bits per heavy atom. The Kier molecular flexibility index (Phi) is 3.51. The van der Waals surface area contributed by atoms with E-state index in [1.165, 1.54) is 0 Å². The molecule has 22 heavy (non-hydrogen) atoms. The summed E-state index contributed by atoms with van der Waals surface area (Å²) in [6.07, 6.45) is -3.94. The lowest BCUT2D eigenvalue weighted by atomic mass is 10.5. The fourth-order valence-electron chi connectivity index (χ4n) is 1.72. The molecule has 0 saturated heterocycles. The highest BCUT2D eigenvalue weighted by atomic mass is 32.2. The molecule has 0 saturated carbocycles. The normalized spacial score (nSPS) is 12.2. The average Bonchev–Trinajstić information content (AvgIpc) is 3.04. The highest BCUT2D eigenvalue weighted by Gasteiger charge is 2.36. The Morgan fingerprint density at radius 3 is 2.68 bits per heavy atom. The number of nitrogens with zero attached hydrogens (tertiary/aromatic N) is 6. The minimum absolute atomic E-state index is 0.110. The Morgan fingerprint density at radius 1 is 1.27 bits per heavy atom. The number of hydrogen-bond acceptors (Lipinski definition) is 6. The molecule has 0 unspecified atom stereocenters. The topological polar surface area (TPSA) is 84.7 Å². The lowest BCUT2D eigenvalue weighted by Gasteiger charge is -2.01. The van der Waals surface area contributed by atoms with Crippen LogP contribution in [0, 0.1) is 6.92 Å². The van der Waals surface area contributed by atoms with Crippen LogP contribution in [0.25, 0.3) is 5.78 Å². The van der Waals surface area contributed by atoms with E-state index in [1.54, 1.807) is 13.0 Å². The average molecular weight is 329 g/mol. The van der Waals surface area contributed by atoms with Gasteiger partial charge in [-0.25, -0.2) is 9.97 Å². The van der Waals surface area contributed by atoms with Crippen LogP contribution in [0.5, 0.6) is 0 Å². The third-order valence-corrected chi connectivity index (χ3v) is 3.57. The molecule has 1 N–H and O–H groups in total. The number of nitrogens with one attached hydrogen (secondary N) is 1. The maximum absolute atomic E-state index is 12.7. The summed E-state index contributed by atoms with van der Waals surface area (Å²) in [7, 11) is 0. The monoisotopic (exact) mass is 329 g/mol. The van der Waals surface area contributed by atoms with Crippen molar-refractivity contribution in [2.24, 2.45) is 0 Å². The third kappa shape index (κ3) is 2.75. The van der Waals surface area contributed by atoms with Crippen LogP contribution in [0.3, 0.4) is 0 Å². The number of aryl methyl sites for hydroxylation is 2. The van der Waals surface area contributed by atoms with Crippen LogP contribution in [0.15, 0.2) is 16.2 Å². The second-order valence-corrected chi connectivity index (χ2v) is 5.39. The summed E-state index contributed by atoms with van der Waals surface area (Å²) in [5.74, 6) is -0.642. The molecule has 3 aromatic rings. The molecule has 0 aliphatic carbocycles. The summed E-state index contributed by atoms with van der Waals surface area (Å²) in [6.45, 7) is 3.58. The molecule has 116 valence electrons. The predicted octanol–water partition coefficient (Wildman–Crippen LogP) is 2.28. The summed E-state index contributed by atoms with van der Waals surface area (Å²) < 4.78 is 39.2. The first-order valence-electron chi connectivity index (χ1n) is 6.27. The molecule has 0 radical (unpaired) electrons. The van der Waals surface area contributed by atoms with E-state index >= 15 is 0 Å². The van der Waals surface area contributed by atoms with Gasteiger partial charge in [-0.05, 0) is 24.8 Å². The van der Waals surface area contributed by atoms with Crippen molar-refractivity contribution in [1.82, 2.24) is 34.8 Å². The summed E-state index contributed by atoms with van der Waals surface area (Å²) in [4.78, 5) is 11.6. The van der Waals surface area contributed by atoms with Gasteiger partial charge in [-0.15, -0.1) is 10.2 Å². The van der Waals surface area contributed by atoms with E-state index in [2.05, 4.69) is 30.2 Å². The highest BCUT2D eigenvalue weighted by molar-refractivity contribution is 7.99. The minimum Gasteiger partial charge on any atom is -0.262 e. The number of aromatic nitrogens is 7. The van der Waals surface area contributed by atoms with Gasteiger partial charge in [0.15, 0.2) is 0 Å². The van der Waals surface area contributed by atoms with Gasteiger partial charge in [0.2, 0.25) is 5.16 Å². The van der Waals surface area contributed by atoms with Gasteiger partial charge in [-0.2, -0.15) is 22.7 Å². The van der Waals surface area contributed by atoms with Crippen molar-refractivity contribution in [3.63, 3.8) is 0 Å². The molecule has 3 heterocycles. The predicted molar refractivity (Wildman–Crippen MR) is 70.4 cm³/mol. The number of halogens is 3. The zero-order valence-electron chi connectivity index (χ0n) is 11.5. The van der Waals surface area contributed by atoms with Gasteiger partial charge in [0.1, 0.15) is 10.9 Å². The van der Waals surface area contributed by atoms with E-state index in [0.717, 1.165) is 16.3 Å². The van der Waals surface area contributed by atoms with Crippen molar-refractivity contribution in [3.8, 4) is 0 Å². The van der Waals surface area contributed by atoms with Crippen LogP contribution >= 0.6 is 11.8 Å². The molecule has 3 rings (SSSR count). The zero-order valence-corrected chi connectivity index (χ0v) is 12.3. The van der Waals surface area contributed by atoms with Gasteiger partial charge >= 0.3 is 6.18 Å². The first kappa shape index (κ1) is 14.8. The van der Waals surface area contributed by atoms with Crippen LogP contribution in [0.4, 0.5) is 13.2 Å². The van der Waals surface area contributed by atoms with E-state index in [4.69, 9.17) is 0 Å². The van der Waals surface area contributed by atoms with Crippen LogP contribution in [0.2, 0.25) is 0 Å². The van der Waals surface area contributed by atoms with Crippen molar-refractivity contribution >= 4 is 17.5 Å². The lowest BCUT2D eigenvalue weighted by Crippen LogP contribution is -2.07. The smallest absolute Gasteiger partial charge is 0.262 e. The first-order chi connectivity index (χ1) is 10.4. The van der Waals surface area contributed by atoms with Crippen LogP contribution in [0.1, 0.15) is 24.3 Å². The number of fused-ring (bicyclic) bond motifs is 1. The Bertz CT molecular complexity index is 823. The van der Waals surface area contributed by atoms with E-state index in [9.17, 15) is 13.2 Å². The maximum atomic E-state index is 12.7. The number of alkyl halides is 3. The standard InChI is InChI=1S/C11H10F3N7S/c1-3-6-16-10(19-18-6)22-7-4-5(2)15-9-17-8(11(12,13)14)20-21(7)9/h4H,3H2,1-2H3,(H,16,18,19). The largest absolute Gasteiger partial charge is 0.453 e. The molecular formula is C11H10F3N7S. The molecule has 11 heteroatoms. The van der Waals surface area contributed by atoms with E-state index < -0.39 is 12.0 Å². The Hall–Kier alpha value is -2.17. The van der Waals surface area contributed by atoms with Crippen molar-refractivity contribution in [1.29, 1.82) is 0 Å². The molecule has 7 nitrogen and oxygen atoms in total. The van der Waals surface area contributed by atoms with E-state index in [0.29, 0.717) is 28.1 Å². The van der Waals surface area contributed by atoms with Crippen LogP contribution in [-0.2, 0) is 12.6 Å². The van der Waals surface area contributed by atoms with Gasteiger partial charge in [-0.1, -0.05) is 6.92 Å². The molecule has 0 fully saturated rings. The molecule has 0 bridgehead atoms. The second kappa shape index (κ2) is 5.23. The van der Waals surface area contributed by atoms with Crippen molar-refractivity contribution < 1.29 is 13.2 Å². The third-order valence-electron chi connectivity index (χ3n) is 2.70. The molecule has 0 aliphatic rings. The molecule has 0 spiro atoms. The number of H-pyrrole nitrogens is 1. The quantitative estimate of drug-likeness (QED) is 0.742. The summed E-state index contributed by atoms with van der Waals surface area (Å²) in [6, 6.07) is 1.61. The molecular weight excluding hydrogens is 319 g/mol. The molecule has 0 aromatic carbocycles. The molecule has 0 aliphatic heterocycles. The fraction of sp³-hybridized carbons (Fsp3) is 0.364. The van der Waals surface area contributed by atoms with E-state index in [1.807, 2.05) is 6.92 Å². The van der Waals surface area contributed by atoms with E-state index in [-0.39, 0.29) is 5.78 Å². The summed E-state index contributed by atoms with van der Waals surface area (Å²) >= 11 is 1.09. The Balaban J connectivity index is 2.06. The SMILES string of the molecule is CCc1nc(Sc2cc(C)nc3nc(C(F)(F)F)nn23)n[nH]1. The summed E-state index contributed by atoms with van der Waals surface area (Å²) in [5.41, 5.74) is 0.530. The molecule has 0 amide bonds. The van der Waals surface area contributed by atoms with Crippen LogP contribution < -0.4 is 0 Å². The van der Waals surface area contributed by atoms with Crippen molar-refractivity contribution in [2.75, 3.05) is 0 Å². The van der Waals surface area contributed by atoms with Gasteiger partial charge in [0.05, 0.1) is 0 Å². The lowest BCUT2D eigenvalue weighted by molar-refractivity contribution is -0.144. The molecule has 0 atom stereocenters. The minimum atomic E-state index is -4.62. The zero-order chi connectivity index (χ0) is 15.9. The van der Waals surface area contributed by atoms with Gasteiger partial charge < -0.3 is 0 Å². The number of rotatable bonds is 3. The molecule has 3 aromatic heterocycles. The highest BCUT2D eigenvalue weighted by Crippen LogP contribution is 2.29. The van der Waals surface area contributed by atoms with Gasteiger partial charge in [0.25, 0.3) is 11.6 Å².